The zero-order valence-electron chi connectivity index (χ0n) is 27.3. The summed E-state index contributed by atoms with van der Waals surface area (Å²) in [4.78, 5) is 39.6. The molecule has 2 atom stereocenters. The fourth-order valence-corrected chi connectivity index (χ4v) is 5.07. The largest absolute Gasteiger partial charge is 0.453 e. The van der Waals surface area contributed by atoms with E-state index in [-0.39, 0.29) is 18.8 Å². The Morgan fingerprint density at radius 1 is 1.02 bits per heavy atom. The minimum Gasteiger partial charge on any atom is -0.453 e. The number of rotatable bonds is 11. The van der Waals surface area contributed by atoms with Gasteiger partial charge < -0.3 is 19.7 Å². The van der Waals surface area contributed by atoms with Crippen LogP contribution in [0.15, 0.2) is 54.7 Å². The molecule has 3 rings (SSSR count). The van der Waals surface area contributed by atoms with Crippen molar-refractivity contribution in [3.8, 4) is 5.69 Å². The fourth-order valence-electron chi connectivity index (χ4n) is 5.07. The van der Waals surface area contributed by atoms with Crippen LogP contribution in [0.4, 0.5) is 13.6 Å². The number of benzene rings is 2. The number of amides is 2. The second-order valence-electron chi connectivity index (χ2n) is 13.1. The standard InChI is InChI=1S/C34H44F2N4O5/c1-22(44-23(2)41)31(42)39(18-12-17-37-32(43)45-34(6,7)8)30(33(3,4)5)29-25(19-24-13-10-9-11-14-24)21-40(38-29)28-20-26(35)15-16-27(28)36/h9-11,13-16,20-22,30H,12,17-19H2,1-8H3,(H,37,43)/t22?,30-/m0/s1. The van der Waals surface area contributed by atoms with Crippen LogP contribution in [-0.4, -0.2) is 57.4 Å². The first-order chi connectivity index (χ1) is 21.0. The topological polar surface area (TPSA) is 103 Å². The number of nitrogens with one attached hydrogen (secondary N) is 1. The average Bonchev–Trinajstić information content (AvgIpc) is 3.32. The predicted molar refractivity (Wildman–Crippen MR) is 167 cm³/mol. The number of hydrogen-bond acceptors (Lipinski definition) is 6. The summed E-state index contributed by atoms with van der Waals surface area (Å²) in [7, 11) is 0. The number of halogens is 2. The first kappa shape index (κ1) is 35.2. The molecular formula is C34H44F2N4O5. The van der Waals surface area contributed by atoms with Gasteiger partial charge in [-0.15, -0.1) is 0 Å². The zero-order chi connectivity index (χ0) is 33.5. The van der Waals surface area contributed by atoms with Crippen LogP contribution in [0.1, 0.15) is 84.7 Å². The van der Waals surface area contributed by atoms with Crippen molar-refractivity contribution in [1.82, 2.24) is 20.0 Å². The summed E-state index contributed by atoms with van der Waals surface area (Å²) in [5.74, 6) is -2.34. The summed E-state index contributed by atoms with van der Waals surface area (Å²) in [6.45, 7) is 14.2. The summed E-state index contributed by atoms with van der Waals surface area (Å²) in [6, 6.07) is 12.1. The first-order valence-electron chi connectivity index (χ1n) is 15.0. The van der Waals surface area contributed by atoms with Gasteiger partial charge in [-0.2, -0.15) is 5.10 Å². The lowest BCUT2D eigenvalue weighted by Gasteiger charge is -2.41. The minimum atomic E-state index is -1.11. The van der Waals surface area contributed by atoms with Crippen molar-refractivity contribution in [3.63, 3.8) is 0 Å². The number of carbonyl (C=O) groups excluding carboxylic acids is 3. The molecule has 244 valence electrons. The van der Waals surface area contributed by atoms with E-state index in [1.165, 1.54) is 18.5 Å². The Morgan fingerprint density at radius 2 is 1.69 bits per heavy atom. The maximum absolute atomic E-state index is 15.0. The molecule has 45 heavy (non-hydrogen) atoms. The summed E-state index contributed by atoms with van der Waals surface area (Å²) in [6.07, 6.45) is 0.716. The summed E-state index contributed by atoms with van der Waals surface area (Å²) in [5.41, 5.74) is 0.773. The van der Waals surface area contributed by atoms with Gasteiger partial charge in [0.15, 0.2) is 6.10 Å². The molecule has 0 fully saturated rings. The van der Waals surface area contributed by atoms with Crippen molar-refractivity contribution in [1.29, 1.82) is 0 Å². The van der Waals surface area contributed by atoms with Gasteiger partial charge in [-0.05, 0) is 57.2 Å². The zero-order valence-corrected chi connectivity index (χ0v) is 27.3. The van der Waals surface area contributed by atoms with Gasteiger partial charge in [0.05, 0.1) is 11.7 Å². The van der Waals surface area contributed by atoms with Gasteiger partial charge in [0.25, 0.3) is 5.91 Å². The number of alkyl carbamates (subject to hydrolysis) is 1. The Labute approximate surface area is 263 Å². The van der Waals surface area contributed by atoms with Crippen LogP contribution in [0.5, 0.6) is 0 Å². The molecule has 0 saturated heterocycles. The fraction of sp³-hybridized carbons (Fsp3) is 0.471. The monoisotopic (exact) mass is 626 g/mol. The molecule has 0 bridgehead atoms. The van der Waals surface area contributed by atoms with Gasteiger partial charge in [0.2, 0.25) is 0 Å². The predicted octanol–water partition coefficient (Wildman–Crippen LogP) is 6.52. The van der Waals surface area contributed by atoms with E-state index in [9.17, 15) is 23.2 Å². The highest BCUT2D eigenvalue weighted by molar-refractivity contribution is 5.83. The van der Waals surface area contributed by atoms with Gasteiger partial charge in [-0.1, -0.05) is 51.1 Å². The number of hydrogen-bond donors (Lipinski definition) is 1. The normalized spacial score (nSPS) is 13.1. The maximum Gasteiger partial charge on any atom is 0.407 e. The van der Waals surface area contributed by atoms with Crippen LogP contribution in [0.2, 0.25) is 0 Å². The summed E-state index contributed by atoms with van der Waals surface area (Å²) in [5, 5.41) is 7.50. The maximum atomic E-state index is 15.0. The van der Waals surface area contributed by atoms with E-state index in [1.807, 2.05) is 51.1 Å². The number of carbonyl (C=O) groups is 3. The van der Waals surface area contributed by atoms with E-state index < -0.39 is 52.8 Å². The van der Waals surface area contributed by atoms with Crippen molar-refractivity contribution in [2.45, 2.75) is 86.0 Å². The molecule has 0 radical (unpaired) electrons. The summed E-state index contributed by atoms with van der Waals surface area (Å²) < 4.78 is 41.1. The van der Waals surface area contributed by atoms with Crippen molar-refractivity contribution in [2.24, 2.45) is 5.41 Å². The Bertz CT molecular complexity index is 1480. The van der Waals surface area contributed by atoms with Crippen molar-refractivity contribution in [3.05, 3.63) is 83.2 Å². The van der Waals surface area contributed by atoms with Gasteiger partial charge in [0, 0.05) is 44.3 Å². The molecule has 1 aromatic heterocycles. The molecule has 11 heteroatoms. The lowest BCUT2D eigenvalue weighted by Crippen LogP contribution is -2.47. The average molecular weight is 627 g/mol. The van der Waals surface area contributed by atoms with Crippen molar-refractivity contribution >= 4 is 18.0 Å². The van der Waals surface area contributed by atoms with Crippen LogP contribution in [0.3, 0.4) is 0 Å². The molecule has 0 saturated carbocycles. The van der Waals surface area contributed by atoms with E-state index in [0.717, 1.165) is 23.8 Å². The number of nitrogens with zero attached hydrogens (tertiary/aromatic N) is 3. The second-order valence-corrected chi connectivity index (χ2v) is 13.1. The number of esters is 1. The molecule has 3 aromatic rings. The molecule has 1 heterocycles. The Balaban J connectivity index is 2.10. The van der Waals surface area contributed by atoms with E-state index in [1.54, 1.807) is 31.9 Å². The van der Waals surface area contributed by atoms with Gasteiger partial charge in [-0.25, -0.2) is 18.3 Å². The molecule has 0 aliphatic heterocycles. The smallest absolute Gasteiger partial charge is 0.407 e. The quantitative estimate of drug-likeness (QED) is 0.192. The molecule has 0 aliphatic carbocycles. The number of ether oxygens (including phenoxy) is 2. The third kappa shape index (κ3) is 10.1. The first-order valence-corrected chi connectivity index (χ1v) is 15.0. The van der Waals surface area contributed by atoms with E-state index in [2.05, 4.69) is 5.32 Å². The second kappa shape index (κ2) is 14.7. The highest BCUT2D eigenvalue weighted by Crippen LogP contribution is 2.40. The minimum absolute atomic E-state index is 0.0732. The highest BCUT2D eigenvalue weighted by atomic mass is 19.1. The van der Waals surface area contributed by atoms with Crippen LogP contribution < -0.4 is 5.32 Å². The van der Waals surface area contributed by atoms with E-state index in [0.29, 0.717) is 24.1 Å². The van der Waals surface area contributed by atoms with Gasteiger partial charge >= 0.3 is 12.1 Å². The Kier molecular flexibility index (Phi) is 11.5. The SMILES string of the molecule is CC(=O)OC(C)C(=O)N(CCCNC(=O)OC(C)(C)C)[C@@H](c1nn(-c2cc(F)ccc2F)cc1Cc1ccccc1)C(C)(C)C. The van der Waals surface area contributed by atoms with Gasteiger partial charge in [-0.3, -0.25) is 9.59 Å². The van der Waals surface area contributed by atoms with E-state index >= 15 is 0 Å². The molecular weight excluding hydrogens is 582 g/mol. The molecule has 9 nitrogen and oxygen atoms in total. The molecule has 0 aliphatic rings. The van der Waals surface area contributed by atoms with Gasteiger partial charge in [0.1, 0.15) is 22.9 Å². The van der Waals surface area contributed by atoms with Crippen molar-refractivity contribution < 1.29 is 32.6 Å². The van der Waals surface area contributed by atoms with Crippen LogP contribution >= 0.6 is 0 Å². The molecule has 1 unspecified atom stereocenters. The lowest BCUT2D eigenvalue weighted by molar-refractivity contribution is -0.160. The third-order valence-corrected chi connectivity index (χ3v) is 6.82. The molecule has 2 amide bonds. The highest BCUT2D eigenvalue weighted by Gasteiger charge is 2.40. The van der Waals surface area contributed by atoms with Crippen LogP contribution in [-0.2, 0) is 25.5 Å². The Morgan fingerprint density at radius 3 is 2.29 bits per heavy atom. The van der Waals surface area contributed by atoms with Crippen LogP contribution in [0.25, 0.3) is 5.69 Å². The molecule has 0 spiro atoms. The van der Waals surface area contributed by atoms with E-state index in [4.69, 9.17) is 14.6 Å². The third-order valence-electron chi connectivity index (χ3n) is 6.82. The Hall–Kier alpha value is -4.28. The molecule has 1 N–H and O–H groups in total. The van der Waals surface area contributed by atoms with Crippen LogP contribution in [0, 0.1) is 17.0 Å². The van der Waals surface area contributed by atoms with Crippen molar-refractivity contribution in [2.75, 3.05) is 13.1 Å². The molecule has 2 aromatic carbocycles. The number of aromatic nitrogens is 2. The summed E-state index contributed by atoms with van der Waals surface area (Å²) >= 11 is 0. The lowest BCUT2D eigenvalue weighted by atomic mass is 9.81.